The van der Waals surface area contributed by atoms with Crippen molar-refractivity contribution in [3.05, 3.63) is 59.7 Å². The van der Waals surface area contributed by atoms with Crippen LogP contribution in [0.4, 0.5) is 13.2 Å². The normalized spacial score (nSPS) is 23.0. The molecule has 28 heavy (non-hydrogen) atoms. The SMILES string of the molecule is FC(F)(F)c1cccc(-c2ccc([C@H]3C[C@@H]3NCCC3CCNCC3)cc2)c1. The highest BCUT2D eigenvalue weighted by atomic mass is 19.4. The first-order valence-electron chi connectivity index (χ1n) is 10.2. The average molecular weight is 388 g/mol. The second-order valence-electron chi connectivity index (χ2n) is 8.09. The summed E-state index contributed by atoms with van der Waals surface area (Å²) in [5.74, 6) is 1.38. The van der Waals surface area contributed by atoms with Crippen LogP contribution in [0.1, 0.15) is 42.7 Å². The zero-order valence-electron chi connectivity index (χ0n) is 15.9. The van der Waals surface area contributed by atoms with E-state index in [1.807, 2.05) is 12.1 Å². The molecule has 1 saturated heterocycles. The molecule has 2 nitrogen and oxygen atoms in total. The van der Waals surface area contributed by atoms with Gasteiger partial charge >= 0.3 is 6.18 Å². The molecular weight excluding hydrogens is 361 g/mol. The first kappa shape index (κ1) is 19.5. The molecule has 4 rings (SSSR count). The molecule has 150 valence electrons. The molecule has 1 aliphatic carbocycles. The summed E-state index contributed by atoms with van der Waals surface area (Å²) in [6.45, 7) is 3.37. The molecule has 0 bridgehead atoms. The van der Waals surface area contributed by atoms with Crippen LogP contribution >= 0.6 is 0 Å². The van der Waals surface area contributed by atoms with Crippen molar-refractivity contribution in [3.63, 3.8) is 0 Å². The minimum Gasteiger partial charge on any atom is -0.317 e. The predicted octanol–water partition coefficient (Wildman–Crippen LogP) is 5.21. The van der Waals surface area contributed by atoms with Crippen LogP contribution in [-0.4, -0.2) is 25.7 Å². The molecule has 2 aromatic carbocycles. The lowest BCUT2D eigenvalue weighted by Crippen LogP contribution is -2.30. The highest BCUT2D eigenvalue weighted by Gasteiger charge is 2.37. The standard InChI is InChI=1S/C23H27F3N2/c24-23(25,26)20-3-1-2-19(14-20)17-4-6-18(7-5-17)21-15-22(21)28-13-10-16-8-11-27-12-9-16/h1-7,14,16,21-22,27-28H,8-13,15H2/t21-,22+/m1/s1. The van der Waals surface area contributed by atoms with Gasteiger partial charge in [0, 0.05) is 12.0 Å². The second kappa shape index (κ2) is 8.26. The van der Waals surface area contributed by atoms with Crippen molar-refractivity contribution in [2.45, 2.75) is 43.8 Å². The Labute approximate surface area is 164 Å². The van der Waals surface area contributed by atoms with Crippen LogP contribution < -0.4 is 10.6 Å². The van der Waals surface area contributed by atoms with E-state index >= 15 is 0 Å². The molecule has 2 aromatic rings. The lowest BCUT2D eigenvalue weighted by molar-refractivity contribution is -0.137. The molecule has 0 spiro atoms. The van der Waals surface area contributed by atoms with Gasteiger partial charge in [-0.1, -0.05) is 36.4 Å². The molecule has 2 N–H and O–H groups in total. The van der Waals surface area contributed by atoms with Crippen LogP contribution in [0.25, 0.3) is 11.1 Å². The van der Waals surface area contributed by atoms with Crippen molar-refractivity contribution >= 4 is 0 Å². The molecule has 0 amide bonds. The van der Waals surface area contributed by atoms with Gasteiger partial charge in [-0.25, -0.2) is 0 Å². The topological polar surface area (TPSA) is 24.1 Å². The largest absolute Gasteiger partial charge is 0.416 e. The summed E-state index contributed by atoms with van der Waals surface area (Å²) in [7, 11) is 0. The van der Waals surface area contributed by atoms with Gasteiger partial charge in [-0.05, 0) is 80.1 Å². The van der Waals surface area contributed by atoms with Gasteiger partial charge in [0.2, 0.25) is 0 Å². The lowest BCUT2D eigenvalue weighted by Gasteiger charge is -2.22. The van der Waals surface area contributed by atoms with E-state index in [1.54, 1.807) is 6.07 Å². The molecule has 2 atom stereocenters. The smallest absolute Gasteiger partial charge is 0.317 e. The average Bonchev–Trinajstić information content (AvgIpc) is 3.48. The molecule has 0 radical (unpaired) electrons. The third-order valence-electron chi connectivity index (χ3n) is 6.07. The van der Waals surface area contributed by atoms with Crippen LogP contribution in [-0.2, 0) is 6.18 Å². The van der Waals surface area contributed by atoms with Crippen molar-refractivity contribution in [2.24, 2.45) is 5.92 Å². The van der Waals surface area contributed by atoms with Gasteiger partial charge in [0.1, 0.15) is 0 Å². The summed E-state index contributed by atoms with van der Waals surface area (Å²) in [5.41, 5.74) is 2.10. The van der Waals surface area contributed by atoms with Crippen LogP contribution in [0.5, 0.6) is 0 Å². The third-order valence-corrected chi connectivity index (χ3v) is 6.07. The predicted molar refractivity (Wildman–Crippen MR) is 106 cm³/mol. The molecule has 5 heteroatoms. The zero-order valence-corrected chi connectivity index (χ0v) is 15.9. The van der Waals surface area contributed by atoms with E-state index < -0.39 is 11.7 Å². The molecule has 0 unspecified atom stereocenters. The van der Waals surface area contributed by atoms with Crippen molar-refractivity contribution in [1.29, 1.82) is 0 Å². The van der Waals surface area contributed by atoms with Crippen LogP contribution in [0.3, 0.4) is 0 Å². The van der Waals surface area contributed by atoms with E-state index in [-0.39, 0.29) is 0 Å². The van der Waals surface area contributed by atoms with Gasteiger partial charge in [0.15, 0.2) is 0 Å². The molecule has 2 fully saturated rings. The second-order valence-corrected chi connectivity index (χ2v) is 8.09. The van der Waals surface area contributed by atoms with Gasteiger partial charge in [0.25, 0.3) is 0 Å². The molecule has 1 heterocycles. The summed E-state index contributed by atoms with van der Waals surface area (Å²) in [5, 5.41) is 7.08. The minimum atomic E-state index is -4.31. The fourth-order valence-electron chi connectivity index (χ4n) is 4.23. The minimum absolute atomic E-state index is 0.531. The Morgan fingerprint density at radius 2 is 1.71 bits per heavy atom. The summed E-state index contributed by atoms with van der Waals surface area (Å²) in [6.07, 6.45) is 0.658. The number of rotatable bonds is 6. The van der Waals surface area contributed by atoms with Crippen LogP contribution in [0.15, 0.2) is 48.5 Å². The van der Waals surface area contributed by atoms with E-state index in [1.165, 1.54) is 37.0 Å². The van der Waals surface area contributed by atoms with E-state index in [0.717, 1.165) is 43.6 Å². The third kappa shape index (κ3) is 4.76. The van der Waals surface area contributed by atoms with Gasteiger partial charge < -0.3 is 10.6 Å². The highest BCUT2D eigenvalue weighted by molar-refractivity contribution is 5.65. The Hall–Kier alpha value is -1.85. The maximum absolute atomic E-state index is 12.9. The van der Waals surface area contributed by atoms with Crippen LogP contribution in [0, 0.1) is 5.92 Å². The Morgan fingerprint density at radius 3 is 2.43 bits per heavy atom. The zero-order chi connectivity index (χ0) is 19.6. The number of piperidine rings is 1. The van der Waals surface area contributed by atoms with E-state index in [0.29, 0.717) is 17.5 Å². The monoisotopic (exact) mass is 388 g/mol. The summed E-state index contributed by atoms with van der Waals surface area (Å²) in [4.78, 5) is 0. The number of nitrogens with one attached hydrogen (secondary N) is 2. The van der Waals surface area contributed by atoms with E-state index in [4.69, 9.17) is 0 Å². The number of alkyl halides is 3. The molecule has 1 saturated carbocycles. The molecular formula is C23H27F3N2. The fourth-order valence-corrected chi connectivity index (χ4v) is 4.23. The van der Waals surface area contributed by atoms with E-state index in [9.17, 15) is 13.2 Å². The Balaban J connectivity index is 1.31. The number of hydrogen-bond donors (Lipinski definition) is 2. The van der Waals surface area contributed by atoms with Gasteiger partial charge in [-0.15, -0.1) is 0 Å². The van der Waals surface area contributed by atoms with Gasteiger partial charge in [0.05, 0.1) is 5.56 Å². The summed E-state index contributed by atoms with van der Waals surface area (Å²) >= 11 is 0. The summed E-state index contributed by atoms with van der Waals surface area (Å²) < 4.78 is 38.7. The molecule has 2 aliphatic rings. The lowest BCUT2D eigenvalue weighted by atomic mass is 9.95. The van der Waals surface area contributed by atoms with Crippen molar-refractivity contribution < 1.29 is 13.2 Å². The highest BCUT2D eigenvalue weighted by Crippen LogP contribution is 2.41. The molecule has 1 aliphatic heterocycles. The Bertz CT molecular complexity index is 779. The number of hydrogen-bond acceptors (Lipinski definition) is 2. The first-order valence-corrected chi connectivity index (χ1v) is 10.2. The van der Waals surface area contributed by atoms with Crippen molar-refractivity contribution in [1.82, 2.24) is 10.6 Å². The van der Waals surface area contributed by atoms with Gasteiger partial charge in [-0.2, -0.15) is 13.2 Å². The Kier molecular flexibility index (Phi) is 5.74. The quantitative estimate of drug-likeness (QED) is 0.710. The maximum atomic E-state index is 12.9. The van der Waals surface area contributed by atoms with Crippen LogP contribution in [0.2, 0.25) is 0 Å². The Morgan fingerprint density at radius 1 is 0.964 bits per heavy atom. The molecule has 0 aromatic heterocycles. The summed E-state index contributed by atoms with van der Waals surface area (Å²) in [6, 6.07) is 14.1. The maximum Gasteiger partial charge on any atom is 0.416 e. The first-order chi connectivity index (χ1) is 13.5. The number of halogens is 3. The van der Waals surface area contributed by atoms with Gasteiger partial charge in [-0.3, -0.25) is 0 Å². The number of benzene rings is 2. The van der Waals surface area contributed by atoms with Crippen molar-refractivity contribution in [3.8, 4) is 11.1 Å². The van der Waals surface area contributed by atoms with E-state index in [2.05, 4.69) is 22.8 Å². The fraction of sp³-hybridized carbons (Fsp3) is 0.478. The van der Waals surface area contributed by atoms with Crippen molar-refractivity contribution in [2.75, 3.05) is 19.6 Å².